The van der Waals surface area contributed by atoms with Crippen LogP contribution in [0.2, 0.25) is 0 Å². The number of benzene rings is 2. The first-order valence-electron chi connectivity index (χ1n) is 9.46. The van der Waals surface area contributed by atoms with Crippen LogP contribution in [0.4, 0.5) is 13.2 Å². The summed E-state index contributed by atoms with van der Waals surface area (Å²) in [6.07, 6.45) is 1.49. The molecule has 1 fully saturated rings. The SMILES string of the molecule is O=CC(Oc1ccc(CC=NOCc2ccc(C(F)(F)F)cc2)cc1)C1CCC1. The molecule has 0 spiro atoms. The minimum atomic E-state index is -4.34. The standard InChI is InChI=1S/C22H22F3NO3/c23-22(24,25)19-8-4-17(5-9-19)15-28-26-13-12-16-6-10-20(11-7-16)29-21(14-27)18-2-1-3-18/h4-11,13-14,18,21H,1-3,12,15H2. The summed E-state index contributed by atoms with van der Waals surface area (Å²) in [4.78, 5) is 16.3. The zero-order valence-electron chi connectivity index (χ0n) is 15.8. The van der Waals surface area contributed by atoms with E-state index in [0.717, 1.165) is 43.2 Å². The molecule has 2 aromatic rings. The maximum Gasteiger partial charge on any atom is 0.416 e. The summed E-state index contributed by atoms with van der Waals surface area (Å²) < 4.78 is 43.3. The van der Waals surface area contributed by atoms with Gasteiger partial charge in [-0.1, -0.05) is 35.8 Å². The van der Waals surface area contributed by atoms with E-state index in [1.807, 2.05) is 24.3 Å². The van der Waals surface area contributed by atoms with E-state index in [4.69, 9.17) is 9.57 Å². The van der Waals surface area contributed by atoms with Gasteiger partial charge in [0.1, 0.15) is 12.4 Å². The molecule has 0 aromatic heterocycles. The fourth-order valence-corrected chi connectivity index (χ4v) is 2.96. The summed E-state index contributed by atoms with van der Waals surface area (Å²) in [7, 11) is 0. The lowest BCUT2D eigenvalue weighted by atomic mass is 9.81. The van der Waals surface area contributed by atoms with Gasteiger partial charge in [0.2, 0.25) is 0 Å². The van der Waals surface area contributed by atoms with Crippen molar-refractivity contribution in [3.05, 3.63) is 65.2 Å². The quantitative estimate of drug-likeness (QED) is 0.327. The van der Waals surface area contributed by atoms with Gasteiger partial charge in [-0.05, 0) is 48.2 Å². The predicted molar refractivity (Wildman–Crippen MR) is 103 cm³/mol. The van der Waals surface area contributed by atoms with Gasteiger partial charge in [0, 0.05) is 18.6 Å². The Morgan fingerprint density at radius 1 is 1.03 bits per heavy atom. The Hall–Kier alpha value is -2.83. The summed E-state index contributed by atoms with van der Waals surface area (Å²) >= 11 is 0. The molecule has 2 aromatic carbocycles. The molecule has 1 atom stereocenters. The second-order valence-electron chi connectivity index (χ2n) is 7.01. The number of alkyl halides is 3. The number of carbonyl (C=O) groups is 1. The smallest absolute Gasteiger partial charge is 0.416 e. The Kier molecular flexibility index (Phi) is 6.90. The third kappa shape index (κ3) is 6.07. The third-order valence-corrected chi connectivity index (χ3v) is 4.93. The second-order valence-corrected chi connectivity index (χ2v) is 7.01. The Labute approximate surface area is 167 Å². The first kappa shape index (κ1) is 20.9. The van der Waals surface area contributed by atoms with Crippen LogP contribution in [-0.2, 0) is 28.8 Å². The molecule has 29 heavy (non-hydrogen) atoms. The monoisotopic (exact) mass is 405 g/mol. The van der Waals surface area contributed by atoms with Gasteiger partial charge in [0.15, 0.2) is 12.4 Å². The van der Waals surface area contributed by atoms with Crippen LogP contribution in [0.3, 0.4) is 0 Å². The summed E-state index contributed by atoms with van der Waals surface area (Å²) in [5.41, 5.74) is 0.905. The third-order valence-electron chi connectivity index (χ3n) is 4.93. The van der Waals surface area contributed by atoms with Gasteiger partial charge < -0.3 is 9.57 Å². The fraction of sp³-hybridized carbons (Fsp3) is 0.364. The highest BCUT2D eigenvalue weighted by Crippen LogP contribution is 2.31. The molecule has 1 aliphatic rings. The van der Waals surface area contributed by atoms with Crippen molar-refractivity contribution < 1.29 is 27.5 Å². The molecular formula is C22H22F3NO3. The average molecular weight is 405 g/mol. The number of halogens is 3. The van der Waals surface area contributed by atoms with Gasteiger partial charge in [-0.3, -0.25) is 4.79 Å². The van der Waals surface area contributed by atoms with E-state index in [1.165, 1.54) is 12.1 Å². The highest BCUT2D eigenvalue weighted by Gasteiger charge is 2.30. The summed E-state index contributed by atoms with van der Waals surface area (Å²) in [5, 5.41) is 3.83. The lowest BCUT2D eigenvalue weighted by Gasteiger charge is -2.30. The first-order valence-corrected chi connectivity index (χ1v) is 9.46. The van der Waals surface area contributed by atoms with Crippen LogP contribution >= 0.6 is 0 Å². The molecule has 0 amide bonds. The average Bonchev–Trinajstić information content (AvgIpc) is 2.66. The lowest BCUT2D eigenvalue weighted by molar-refractivity contribution is -0.137. The number of hydrogen-bond donors (Lipinski definition) is 0. The molecule has 1 saturated carbocycles. The van der Waals surface area contributed by atoms with E-state index in [1.54, 1.807) is 6.21 Å². The number of ether oxygens (including phenoxy) is 1. The molecule has 7 heteroatoms. The van der Waals surface area contributed by atoms with Crippen LogP contribution < -0.4 is 4.74 Å². The summed E-state index contributed by atoms with van der Waals surface area (Å²) in [6, 6.07) is 12.2. The fourth-order valence-electron chi connectivity index (χ4n) is 2.96. The summed E-state index contributed by atoms with van der Waals surface area (Å²) in [5.74, 6) is 0.981. The first-order chi connectivity index (χ1) is 14.0. The molecule has 154 valence electrons. The van der Waals surface area contributed by atoms with Crippen molar-refractivity contribution >= 4 is 12.5 Å². The molecule has 0 N–H and O–H groups in total. The maximum absolute atomic E-state index is 12.5. The molecule has 3 rings (SSSR count). The van der Waals surface area contributed by atoms with Crippen LogP contribution in [-0.4, -0.2) is 18.6 Å². The molecule has 0 radical (unpaired) electrons. The van der Waals surface area contributed by atoms with E-state index in [0.29, 0.717) is 23.7 Å². The Morgan fingerprint density at radius 3 is 2.24 bits per heavy atom. The minimum Gasteiger partial charge on any atom is -0.483 e. The Bertz CT molecular complexity index is 813. The zero-order valence-corrected chi connectivity index (χ0v) is 15.8. The van der Waals surface area contributed by atoms with E-state index in [9.17, 15) is 18.0 Å². The van der Waals surface area contributed by atoms with Crippen molar-refractivity contribution in [2.45, 2.75) is 44.6 Å². The van der Waals surface area contributed by atoms with Gasteiger partial charge in [0.25, 0.3) is 0 Å². The second kappa shape index (κ2) is 9.58. The van der Waals surface area contributed by atoms with Crippen molar-refractivity contribution in [3.63, 3.8) is 0 Å². The van der Waals surface area contributed by atoms with Gasteiger partial charge in [-0.2, -0.15) is 13.2 Å². The zero-order chi connectivity index (χ0) is 20.7. The number of nitrogens with zero attached hydrogens (tertiary/aromatic N) is 1. The largest absolute Gasteiger partial charge is 0.483 e. The molecule has 1 aliphatic carbocycles. The van der Waals surface area contributed by atoms with Crippen LogP contribution in [0.25, 0.3) is 0 Å². The van der Waals surface area contributed by atoms with E-state index < -0.39 is 11.7 Å². The molecule has 0 heterocycles. The van der Waals surface area contributed by atoms with Crippen LogP contribution in [0.15, 0.2) is 53.7 Å². The van der Waals surface area contributed by atoms with Crippen molar-refractivity contribution in [3.8, 4) is 5.75 Å². The molecule has 1 unspecified atom stereocenters. The Morgan fingerprint density at radius 2 is 1.69 bits per heavy atom. The van der Waals surface area contributed by atoms with E-state index >= 15 is 0 Å². The predicted octanol–water partition coefficient (Wildman–Crippen LogP) is 5.20. The normalized spacial score (nSPS) is 15.7. The number of carbonyl (C=O) groups excluding carboxylic acids is 1. The highest BCUT2D eigenvalue weighted by atomic mass is 19.4. The topological polar surface area (TPSA) is 47.9 Å². The number of hydrogen-bond acceptors (Lipinski definition) is 4. The number of rotatable bonds is 9. The van der Waals surface area contributed by atoms with Gasteiger partial charge >= 0.3 is 6.18 Å². The van der Waals surface area contributed by atoms with Crippen LogP contribution in [0.1, 0.15) is 36.0 Å². The van der Waals surface area contributed by atoms with Crippen LogP contribution in [0, 0.1) is 5.92 Å². The lowest BCUT2D eigenvalue weighted by Crippen LogP contribution is -2.33. The van der Waals surface area contributed by atoms with Crippen molar-refractivity contribution in [2.75, 3.05) is 0 Å². The molecule has 0 aliphatic heterocycles. The molecule has 4 nitrogen and oxygen atoms in total. The van der Waals surface area contributed by atoms with Crippen molar-refractivity contribution in [1.82, 2.24) is 0 Å². The molecule has 0 saturated heterocycles. The maximum atomic E-state index is 12.5. The van der Waals surface area contributed by atoms with E-state index in [-0.39, 0.29) is 12.7 Å². The number of aldehydes is 1. The van der Waals surface area contributed by atoms with Gasteiger partial charge in [-0.25, -0.2) is 0 Å². The Balaban J connectivity index is 1.41. The van der Waals surface area contributed by atoms with E-state index in [2.05, 4.69) is 5.16 Å². The van der Waals surface area contributed by atoms with Gasteiger partial charge in [0.05, 0.1) is 5.56 Å². The van der Waals surface area contributed by atoms with Crippen molar-refractivity contribution in [2.24, 2.45) is 11.1 Å². The minimum absolute atomic E-state index is 0.0929. The molecule has 0 bridgehead atoms. The van der Waals surface area contributed by atoms with Gasteiger partial charge in [-0.15, -0.1) is 0 Å². The number of oxime groups is 1. The van der Waals surface area contributed by atoms with Crippen LogP contribution in [0.5, 0.6) is 5.75 Å². The molecular weight excluding hydrogens is 383 g/mol. The highest BCUT2D eigenvalue weighted by molar-refractivity contribution is 5.61. The van der Waals surface area contributed by atoms with Crippen molar-refractivity contribution in [1.29, 1.82) is 0 Å². The summed E-state index contributed by atoms with van der Waals surface area (Å²) in [6.45, 7) is 0.0929.